The van der Waals surface area contributed by atoms with E-state index in [1.54, 1.807) is 18.2 Å². The van der Waals surface area contributed by atoms with E-state index < -0.39 is 13.0 Å². The predicted molar refractivity (Wildman–Crippen MR) is 54.6 cm³/mol. The van der Waals surface area contributed by atoms with Gasteiger partial charge < -0.3 is 9.94 Å². The third-order valence-corrected chi connectivity index (χ3v) is 2.52. The van der Waals surface area contributed by atoms with Gasteiger partial charge >= 0.3 is 0 Å². The van der Waals surface area contributed by atoms with Gasteiger partial charge in [-0.2, -0.15) is 0 Å². The SMILES string of the molecule is O/N=C1/CCc2cc(OCC(F)F)ccc21. The number of halogens is 2. The quantitative estimate of drug-likeness (QED) is 0.636. The first kappa shape index (κ1) is 10.9. The van der Waals surface area contributed by atoms with Gasteiger partial charge in [-0.25, -0.2) is 8.78 Å². The minimum absolute atomic E-state index is 0.429. The van der Waals surface area contributed by atoms with Crippen molar-refractivity contribution in [3.05, 3.63) is 29.3 Å². The van der Waals surface area contributed by atoms with E-state index >= 15 is 0 Å². The molecule has 1 aliphatic rings. The summed E-state index contributed by atoms with van der Waals surface area (Å²) in [6.07, 6.45) is -1.05. The Morgan fingerprint density at radius 3 is 2.88 bits per heavy atom. The highest BCUT2D eigenvalue weighted by atomic mass is 19.3. The summed E-state index contributed by atoms with van der Waals surface area (Å²) >= 11 is 0. The van der Waals surface area contributed by atoms with Crippen molar-refractivity contribution in [2.45, 2.75) is 19.3 Å². The maximum Gasteiger partial charge on any atom is 0.272 e. The van der Waals surface area contributed by atoms with E-state index in [1.807, 2.05) is 0 Å². The van der Waals surface area contributed by atoms with Gasteiger partial charge in [0, 0.05) is 5.56 Å². The Hall–Kier alpha value is -1.65. The van der Waals surface area contributed by atoms with Crippen molar-refractivity contribution in [2.75, 3.05) is 6.61 Å². The zero-order chi connectivity index (χ0) is 11.5. The molecule has 0 radical (unpaired) electrons. The lowest BCUT2D eigenvalue weighted by atomic mass is 10.1. The molecule has 16 heavy (non-hydrogen) atoms. The highest BCUT2D eigenvalue weighted by Crippen LogP contribution is 2.26. The molecule has 0 saturated carbocycles. The molecule has 0 heterocycles. The van der Waals surface area contributed by atoms with Crippen LogP contribution in [0.3, 0.4) is 0 Å². The van der Waals surface area contributed by atoms with E-state index in [2.05, 4.69) is 5.16 Å². The summed E-state index contributed by atoms with van der Waals surface area (Å²) in [7, 11) is 0. The molecule has 1 N–H and O–H groups in total. The number of ether oxygens (including phenoxy) is 1. The van der Waals surface area contributed by atoms with E-state index in [-0.39, 0.29) is 0 Å². The van der Waals surface area contributed by atoms with Crippen LogP contribution in [-0.4, -0.2) is 24.0 Å². The standard InChI is InChI=1S/C11H11F2NO2/c12-11(13)6-16-8-2-3-9-7(5-8)1-4-10(9)14-15/h2-3,5,11,15H,1,4,6H2/b14-10-. The van der Waals surface area contributed by atoms with Gasteiger partial charge in [-0.3, -0.25) is 0 Å². The van der Waals surface area contributed by atoms with Crippen molar-refractivity contribution >= 4 is 5.71 Å². The molecular weight excluding hydrogens is 216 g/mol. The van der Waals surface area contributed by atoms with Gasteiger partial charge in [-0.1, -0.05) is 5.16 Å². The fourth-order valence-electron chi connectivity index (χ4n) is 1.80. The van der Waals surface area contributed by atoms with Crippen LogP contribution in [0.4, 0.5) is 8.78 Å². The number of rotatable bonds is 3. The van der Waals surface area contributed by atoms with Crippen LogP contribution in [-0.2, 0) is 6.42 Å². The van der Waals surface area contributed by atoms with Crippen molar-refractivity contribution in [3.63, 3.8) is 0 Å². The Labute approximate surface area is 91.3 Å². The van der Waals surface area contributed by atoms with Gasteiger partial charge in [0.1, 0.15) is 12.4 Å². The summed E-state index contributed by atoms with van der Waals surface area (Å²) in [6.45, 7) is -0.597. The molecule has 5 heteroatoms. The Bertz CT molecular complexity index is 418. The molecule has 0 atom stereocenters. The Morgan fingerprint density at radius 2 is 2.19 bits per heavy atom. The van der Waals surface area contributed by atoms with Crippen molar-refractivity contribution in [2.24, 2.45) is 5.16 Å². The van der Waals surface area contributed by atoms with Crippen molar-refractivity contribution in [1.29, 1.82) is 0 Å². The third kappa shape index (κ3) is 2.13. The summed E-state index contributed by atoms with van der Waals surface area (Å²) in [5.41, 5.74) is 2.47. The van der Waals surface area contributed by atoms with Gasteiger partial charge in [-0.15, -0.1) is 0 Å². The van der Waals surface area contributed by atoms with E-state index in [9.17, 15) is 8.78 Å². The second kappa shape index (κ2) is 4.47. The van der Waals surface area contributed by atoms with E-state index in [0.29, 0.717) is 17.9 Å². The van der Waals surface area contributed by atoms with Gasteiger partial charge in [0.15, 0.2) is 0 Å². The van der Waals surface area contributed by atoms with Crippen molar-refractivity contribution < 1.29 is 18.7 Å². The number of fused-ring (bicyclic) bond motifs is 1. The number of hydrogen-bond acceptors (Lipinski definition) is 3. The second-order valence-corrected chi connectivity index (χ2v) is 3.57. The maximum absolute atomic E-state index is 11.9. The molecule has 0 aromatic heterocycles. The Morgan fingerprint density at radius 1 is 1.38 bits per heavy atom. The van der Waals surface area contributed by atoms with Crippen LogP contribution in [0.1, 0.15) is 17.5 Å². The zero-order valence-corrected chi connectivity index (χ0v) is 8.49. The topological polar surface area (TPSA) is 41.8 Å². The van der Waals surface area contributed by atoms with E-state index in [0.717, 1.165) is 17.5 Å². The fourth-order valence-corrected chi connectivity index (χ4v) is 1.80. The molecule has 0 fully saturated rings. The number of alkyl halides is 2. The normalized spacial score (nSPS) is 16.8. The molecule has 86 valence electrons. The molecule has 0 aliphatic heterocycles. The molecule has 1 aromatic carbocycles. The lowest BCUT2D eigenvalue weighted by Crippen LogP contribution is -2.07. The minimum Gasteiger partial charge on any atom is -0.488 e. The van der Waals surface area contributed by atoms with E-state index in [4.69, 9.17) is 9.94 Å². The van der Waals surface area contributed by atoms with Gasteiger partial charge in [-0.05, 0) is 36.6 Å². The summed E-state index contributed by atoms with van der Waals surface area (Å²) in [6, 6.07) is 5.06. The summed E-state index contributed by atoms with van der Waals surface area (Å²) in [4.78, 5) is 0. The summed E-state index contributed by atoms with van der Waals surface area (Å²) in [5, 5.41) is 11.9. The van der Waals surface area contributed by atoms with Crippen molar-refractivity contribution in [1.82, 2.24) is 0 Å². The van der Waals surface area contributed by atoms with Crippen LogP contribution in [0.15, 0.2) is 23.4 Å². The van der Waals surface area contributed by atoms with Crippen LogP contribution < -0.4 is 4.74 Å². The number of nitrogens with zero attached hydrogens (tertiary/aromatic N) is 1. The van der Waals surface area contributed by atoms with E-state index in [1.165, 1.54) is 0 Å². The van der Waals surface area contributed by atoms with Crippen LogP contribution in [0, 0.1) is 0 Å². The monoisotopic (exact) mass is 227 g/mol. The molecule has 0 saturated heterocycles. The lowest BCUT2D eigenvalue weighted by molar-refractivity contribution is 0.0819. The fraction of sp³-hybridized carbons (Fsp3) is 0.364. The number of hydrogen-bond donors (Lipinski definition) is 1. The first-order chi connectivity index (χ1) is 7.70. The first-order valence-corrected chi connectivity index (χ1v) is 4.96. The van der Waals surface area contributed by atoms with Crippen LogP contribution in [0.2, 0.25) is 0 Å². The van der Waals surface area contributed by atoms with Crippen LogP contribution in [0.5, 0.6) is 5.75 Å². The number of oxime groups is 1. The highest BCUT2D eigenvalue weighted by Gasteiger charge is 2.18. The maximum atomic E-state index is 11.9. The minimum atomic E-state index is -2.47. The third-order valence-electron chi connectivity index (χ3n) is 2.52. The Kier molecular flexibility index (Phi) is 3.03. The largest absolute Gasteiger partial charge is 0.488 e. The average molecular weight is 227 g/mol. The molecule has 2 rings (SSSR count). The summed E-state index contributed by atoms with van der Waals surface area (Å²) < 4.78 is 28.8. The van der Waals surface area contributed by atoms with Gasteiger partial charge in [0.05, 0.1) is 5.71 Å². The second-order valence-electron chi connectivity index (χ2n) is 3.57. The average Bonchev–Trinajstić information content (AvgIpc) is 2.68. The molecule has 0 spiro atoms. The van der Waals surface area contributed by atoms with Crippen LogP contribution in [0.25, 0.3) is 0 Å². The van der Waals surface area contributed by atoms with Gasteiger partial charge in [0.25, 0.3) is 6.43 Å². The predicted octanol–water partition coefficient (Wildman–Crippen LogP) is 2.46. The molecule has 0 unspecified atom stereocenters. The smallest absolute Gasteiger partial charge is 0.272 e. The number of aryl methyl sites for hydroxylation is 1. The van der Waals surface area contributed by atoms with Crippen molar-refractivity contribution in [3.8, 4) is 5.75 Å². The molecule has 0 bridgehead atoms. The molecule has 1 aromatic rings. The molecular formula is C11H11F2NO2. The van der Waals surface area contributed by atoms with Gasteiger partial charge in [0.2, 0.25) is 0 Å². The zero-order valence-electron chi connectivity index (χ0n) is 8.49. The summed E-state index contributed by atoms with van der Waals surface area (Å²) in [5.74, 6) is 0.429. The first-order valence-electron chi connectivity index (χ1n) is 4.96. The molecule has 3 nitrogen and oxygen atoms in total. The highest BCUT2D eigenvalue weighted by molar-refractivity contribution is 6.04. The van der Waals surface area contributed by atoms with Crippen LogP contribution >= 0.6 is 0 Å². The lowest BCUT2D eigenvalue weighted by Gasteiger charge is -2.07. The molecule has 1 aliphatic carbocycles. The number of benzene rings is 1. The Balaban J connectivity index is 2.15. The molecule has 0 amide bonds.